The number of aryl methyl sites for hydroxylation is 1. The van der Waals surface area contributed by atoms with Crippen LogP contribution in [0.25, 0.3) is 0 Å². The lowest BCUT2D eigenvalue weighted by Gasteiger charge is -2.32. The Kier molecular flexibility index (Phi) is 4.37. The molecule has 5 heteroatoms. The molecule has 0 aromatic heterocycles. The van der Waals surface area contributed by atoms with Gasteiger partial charge in [-0.3, -0.25) is 4.79 Å². The van der Waals surface area contributed by atoms with Gasteiger partial charge in [0.15, 0.2) is 0 Å². The molecule has 1 aromatic carbocycles. The highest BCUT2D eigenvalue weighted by Crippen LogP contribution is 2.21. The summed E-state index contributed by atoms with van der Waals surface area (Å²) in [6.07, 6.45) is -0.0497. The molecule has 2 N–H and O–H groups in total. The van der Waals surface area contributed by atoms with Crippen LogP contribution >= 0.6 is 15.9 Å². The molecule has 1 fully saturated rings. The summed E-state index contributed by atoms with van der Waals surface area (Å²) in [6, 6.07) is 5.78. The first-order valence-corrected chi connectivity index (χ1v) is 6.78. The van der Waals surface area contributed by atoms with Crippen molar-refractivity contribution >= 4 is 21.8 Å². The average molecular weight is 313 g/mol. The van der Waals surface area contributed by atoms with Gasteiger partial charge in [-0.1, -0.05) is 11.6 Å². The van der Waals surface area contributed by atoms with Crippen LogP contribution in [-0.2, 0) is 4.74 Å². The van der Waals surface area contributed by atoms with Crippen LogP contribution in [0.5, 0.6) is 0 Å². The molecule has 1 aliphatic heterocycles. The van der Waals surface area contributed by atoms with E-state index >= 15 is 0 Å². The summed E-state index contributed by atoms with van der Waals surface area (Å²) in [5.41, 5.74) is 7.36. The SMILES string of the molecule is Cc1ccc(Br)c(C(=O)N2CCOC(CN)C2)c1. The first-order chi connectivity index (χ1) is 8.61. The average Bonchev–Trinajstić information content (AvgIpc) is 2.41. The number of carbonyl (C=O) groups excluding carboxylic acids is 1. The van der Waals surface area contributed by atoms with E-state index in [9.17, 15) is 4.79 Å². The Morgan fingerprint density at radius 3 is 3.11 bits per heavy atom. The second-order valence-electron chi connectivity index (χ2n) is 4.46. The fourth-order valence-electron chi connectivity index (χ4n) is 2.02. The Bertz CT molecular complexity index is 451. The van der Waals surface area contributed by atoms with E-state index in [1.807, 2.05) is 25.1 Å². The van der Waals surface area contributed by atoms with Gasteiger partial charge < -0.3 is 15.4 Å². The van der Waals surface area contributed by atoms with Crippen molar-refractivity contribution in [3.63, 3.8) is 0 Å². The van der Waals surface area contributed by atoms with Crippen LogP contribution < -0.4 is 5.73 Å². The van der Waals surface area contributed by atoms with Crippen LogP contribution in [-0.4, -0.2) is 43.2 Å². The molecule has 0 bridgehead atoms. The van der Waals surface area contributed by atoms with E-state index in [0.717, 1.165) is 10.0 Å². The lowest BCUT2D eigenvalue weighted by atomic mass is 10.1. The second kappa shape index (κ2) is 5.82. The van der Waals surface area contributed by atoms with Gasteiger partial charge in [-0.2, -0.15) is 0 Å². The summed E-state index contributed by atoms with van der Waals surface area (Å²) in [4.78, 5) is 14.2. The molecule has 0 aliphatic carbocycles. The lowest BCUT2D eigenvalue weighted by molar-refractivity contribution is -0.0167. The van der Waals surface area contributed by atoms with Gasteiger partial charge in [0, 0.05) is 24.1 Å². The van der Waals surface area contributed by atoms with Crippen molar-refractivity contribution in [3.05, 3.63) is 33.8 Å². The highest BCUT2D eigenvalue weighted by atomic mass is 79.9. The fraction of sp³-hybridized carbons (Fsp3) is 0.462. The lowest BCUT2D eigenvalue weighted by Crippen LogP contribution is -2.48. The van der Waals surface area contributed by atoms with Crippen molar-refractivity contribution < 1.29 is 9.53 Å². The molecule has 1 aromatic rings. The van der Waals surface area contributed by atoms with Gasteiger partial charge in [0.05, 0.1) is 18.3 Å². The zero-order chi connectivity index (χ0) is 13.1. The number of hydrogen-bond acceptors (Lipinski definition) is 3. The van der Waals surface area contributed by atoms with Crippen molar-refractivity contribution in [2.75, 3.05) is 26.2 Å². The molecule has 0 radical (unpaired) electrons. The van der Waals surface area contributed by atoms with Gasteiger partial charge in [0.2, 0.25) is 0 Å². The van der Waals surface area contributed by atoms with Crippen LogP contribution in [0.2, 0.25) is 0 Å². The van der Waals surface area contributed by atoms with E-state index in [4.69, 9.17) is 10.5 Å². The van der Waals surface area contributed by atoms with Gasteiger partial charge in [-0.15, -0.1) is 0 Å². The fourth-order valence-corrected chi connectivity index (χ4v) is 2.44. The normalized spacial score (nSPS) is 19.9. The van der Waals surface area contributed by atoms with Crippen LogP contribution in [0.3, 0.4) is 0 Å². The van der Waals surface area contributed by atoms with Crippen LogP contribution in [0.15, 0.2) is 22.7 Å². The minimum atomic E-state index is -0.0497. The largest absolute Gasteiger partial charge is 0.373 e. The highest BCUT2D eigenvalue weighted by molar-refractivity contribution is 9.10. The van der Waals surface area contributed by atoms with Crippen molar-refractivity contribution in [1.29, 1.82) is 0 Å². The maximum absolute atomic E-state index is 12.4. The van der Waals surface area contributed by atoms with Crippen molar-refractivity contribution in [1.82, 2.24) is 4.90 Å². The number of carbonyl (C=O) groups is 1. The minimum absolute atomic E-state index is 0.0346. The van der Waals surface area contributed by atoms with E-state index in [0.29, 0.717) is 31.8 Å². The summed E-state index contributed by atoms with van der Waals surface area (Å²) >= 11 is 3.43. The van der Waals surface area contributed by atoms with Crippen molar-refractivity contribution in [2.24, 2.45) is 5.73 Å². The molecule has 4 nitrogen and oxygen atoms in total. The maximum atomic E-state index is 12.4. The van der Waals surface area contributed by atoms with Crippen molar-refractivity contribution in [3.8, 4) is 0 Å². The third kappa shape index (κ3) is 2.91. The minimum Gasteiger partial charge on any atom is -0.373 e. The number of benzene rings is 1. The number of nitrogens with two attached hydrogens (primary N) is 1. The Morgan fingerprint density at radius 2 is 2.39 bits per heavy atom. The number of nitrogens with zero attached hydrogens (tertiary/aromatic N) is 1. The molecular formula is C13H17BrN2O2. The molecule has 1 unspecified atom stereocenters. The monoisotopic (exact) mass is 312 g/mol. The van der Waals surface area contributed by atoms with E-state index in [1.54, 1.807) is 4.90 Å². The third-order valence-electron chi connectivity index (χ3n) is 3.04. The summed E-state index contributed by atoms with van der Waals surface area (Å²) in [7, 11) is 0. The van der Waals surface area contributed by atoms with E-state index in [2.05, 4.69) is 15.9 Å². The van der Waals surface area contributed by atoms with Gasteiger partial charge in [-0.05, 0) is 35.0 Å². The zero-order valence-electron chi connectivity index (χ0n) is 10.4. The highest BCUT2D eigenvalue weighted by Gasteiger charge is 2.25. The summed E-state index contributed by atoms with van der Waals surface area (Å²) in [6.45, 7) is 4.16. The number of amides is 1. The molecule has 0 spiro atoms. The molecular weight excluding hydrogens is 296 g/mol. The smallest absolute Gasteiger partial charge is 0.255 e. The number of hydrogen-bond donors (Lipinski definition) is 1. The predicted octanol–water partition coefficient (Wildman–Crippen LogP) is 1.56. The number of morpholine rings is 1. The van der Waals surface area contributed by atoms with Crippen LogP contribution in [0.1, 0.15) is 15.9 Å². The molecule has 1 saturated heterocycles. The summed E-state index contributed by atoms with van der Waals surface area (Å²) < 4.78 is 6.29. The van der Waals surface area contributed by atoms with Gasteiger partial charge in [0.25, 0.3) is 5.91 Å². The Hall–Kier alpha value is -0.910. The Balaban J connectivity index is 2.17. The maximum Gasteiger partial charge on any atom is 0.255 e. The predicted molar refractivity (Wildman–Crippen MR) is 73.6 cm³/mol. The topological polar surface area (TPSA) is 55.6 Å². The first kappa shape index (κ1) is 13.5. The van der Waals surface area contributed by atoms with Crippen LogP contribution in [0.4, 0.5) is 0 Å². The molecule has 1 heterocycles. The Labute approximate surface area is 115 Å². The van der Waals surface area contributed by atoms with E-state index in [1.165, 1.54) is 0 Å². The zero-order valence-corrected chi connectivity index (χ0v) is 11.9. The quantitative estimate of drug-likeness (QED) is 0.901. The molecule has 0 saturated carbocycles. The molecule has 1 amide bonds. The molecule has 18 heavy (non-hydrogen) atoms. The molecule has 1 atom stereocenters. The Morgan fingerprint density at radius 1 is 1.61 bits per heavy atom. The molecule has 1 aliphatic rings. The van der Waals surface area contributed by atoms with E-state index in [-0.39, 0.29) is 12.0 Å². The third-order valence-corrected chi connectivity index (χ3v) is 3.73. The van der Waals surface area contributed by atoms with E-state index < -0.39 is 0 Å². The van der Waals surface area contributed by atoms with Gasteiger partial charge in [0.1, 0.15) is 0 Å². The van der Waals surface area contributed by atoms with Gasteiger partial charge in [-0.25, -0.2) is 0 Å². The molecule has 98 valence electrons. The molecule has 2 rings (SSSR count). The first-order valence-electron chi connectivity index (χ1n) is 5.99. The number of rotatable bonds is 2. The summed E-state index contributed by atoms with van der Waals surface area (Å²) in [5, 5.41) is 0. The second-order valence-corrected chi connectivity index (χ2v) is 5.32. The van der Waals surface area contributed by atoms with Gasteiger partial charge >= 0.3 is 0 Å². The van der Waals surface area contributed by atoms with Crippen LogP contribution in [0, 0.1) is 6.92 Å². The standard InChI is InChI=1S/C13H17BrN2O2/c1-9-2-3-12(14)11(6-9)13(17)16-4-5-18-10(7-15)8-16/h2-3,6,10H,4-5,7-8,15H2,1H3. The number of halogens is 1. The van der Waals surface area contributed by atoms with Crippen molar-refractivity contribution in [2.45, 2.75) is 13.0 Å². The summed E-state index contributed by atoms with van der Waals surface area (Å²) in [5.74, 6) is 0.0346. The number of ether oxygens (including phenoxy) is 1.